The standard InChI is InChI=1S/C13H17ClN2O3S/c14-10-5-4-6-11(15)13(10)20(18,19)9-12(17)16-7-2-1-3-8-16/h4-6H,1-3,7-9,15H2. The zero-order valence-electron chi connectivity index (χ0n) is 11.0. The molecule has 110 valence electrons. The van der Waals surface area contributed by atoms with Gasteiger partial charge in [0.05, 0.1) is 10.7 Å². The lowest BCUT2D eigenvalue weighted by molar-refractivity contribution is -0.129. The first-order valence-electron chi connectivity index (χ1n) is 6.46. The molecule has 0 unspecified atom stereocenters. The second-order valence-corrected chi connectivity index (χ2v) is 7.19. The van der Waals surface area contributed by atoms with Crippen LogP contribution in [0.1, 0.15) is 19.3 Å². The first-order valence-corrected chi connectivity index (χ1v) is 8.49. The van der Waals surface area contributed by atoms with Crippen molar-refractivity contribution >= 4 is 33.0 Å². The van der Waals surface area contributed by atoms with Crippen LogP contribution >= 0.6 is 11.6 Å². The fourth-order valence-electron chi connectivity index (χ4n) is 2.32. The summed E-state index contributed by atoms with van der Waals surface area (Å²) in [5, 5.41) is 0.0523. The highest BCUT2D eigenvalue weighted by Gasteiger charge is 2.27. The van der Waals surface area contributed by atoms with Gasteiger partial charge >= 0.3 is 0 Å². The summed E-state index contributed by atoms with van der Waals surface area (Å²) in [6.07, 6.45) is 2.91. The summed E-state index contributed by atoms with van der Waals surface area (Å²) in [4.78, 5) is 13.5. The van der Waals surface area contributed by atoms with Gasteiger partial charge in [0.1, 0.15) is 10.6 Å². The SMILES string of the molecule is Nc1cccc(Cl)c1S(=O)(=O)CC(=O)N1CCCCC1. The molecule has 1 saturated heterocycles. The monoisotopic (exact) mass is 316 g/mol. The normalized spacial score (nSPS) is 16.1. The molecule has 2 rings (SSSR count). The predicted octanol–water partition coefficient (Wildman–Crippen LogP) is 1.71. The molecule has 20 heavy (non-hydrogen) atoms. The highest BCUT2D eigenvalue weighted by atomic mass is 35.5. The van der Waals surface area contributed by atoms with Gasteiger partial charge in [0.15, 0.2) is 9.84 Å². The first kappa shape index (κ1) is 15.1. The number of hydrogen-bond donors (Lipinski definition) is 1. The highest BCUT2D eigenvalue weighted by Crippen LogP contribution is 2.28. The zero-order chi connectivity index (χ0) is 14.8. The van der Waals surface area contributed by atoms with Crippen LogP contribution in [-0.2, 0) is 14.6 Å². The van der Waals surface area contributed by atoms with Gasteiger partial charge in [-0.25, -0.2) is 8.42 Å². The van der Waals surface area contributed by atoms with E-state index in [1.807, 2.05) is 0 Å². The molecule has 0 bridgehead atoms. The number of halogens is 1. The molecular formula is C13H17ClN2O3S. The molecule has 0 saturated carbocycles. The lowest BCUT2D eigenvalue weighted by Crippen LogP contribution is -2.39. The maximum absolute atomic E-state index is 12.3. The third kappa shape index (κ3) is 3.24. The van der Waals surface area contributed by atoms with Gasteiger partial charge in [0.2, 0.25) is 5.91 Å². The number of sulfone groups is 1. The van der Waals surface area contributed by atoms with Crippen molar-refractivity contribution in [1.29, 1.82) is 0 Å². The van der Waals surface area contributed by atoms with Crippen molar-refractivity contribution in [2.75, 3.05) is 24.6 Å². The number of nitrogens with two attached hydrogens (primary N) is 1. The van der Waals surface area contributed by atoms with Gasteiger partial charge in [-0.3, -0.25) is 4.79 Å². The van der Waals surface area contributed by atoms with E-state index in [9.17, 15) is 13.2 Å². The van der Waals surface area contributed by atoms with Gasteiger partial charge in [-0.15, -0.1) is 0 Å². The molecule has 0 spiro atoms. The lowest BCUT2D eigenvalue weighted by atomic mass is 10.1. The minimum Gasteiger partial charge on any atom is -0.398 e. The van der Waals surface area contributed by atoms with Crippen LogP contribution < -0.4 is 5.73 Å². The van der Waals surface area contributed by atoms with Crippen molar-refractivity contribution in [2.45, 2.75) is 24.2 Å². The van der Waals surface area contributed by atoms with Crippen LogP contribution in [0.5, 0.6) is 0 Å². The molecule has 1 aliphatic rings. The zero-order valence-corrected chi connectivity index (χ0v) is 12.6. The van der Waals surface area contributed by atoms with E-state index in [0.29, 0.717) is 13.1 Å². The maximum Gasteiger partial charge on any atom is 0.238 e. The molecule has 1 aromatic carbocycles. The van der Waals surface area contributed by atoms with E-state index in [4.69, 9.17) is 17.3 Å². The number of likely N-dealkylation sites (tertiary alicyclic amines) is 1. The van der Waals surface area contributed by atoms with Gasteiger partial charge < -0.3 is 10.6 Å². The second-order valence-electron chi connectivity index (χ2n) is 4.86. The fourth-order valence-corrected chi connectivity index (χ4v) is 4.30. The van der Waals surface area contributed by atoms with Crippen LogP contribution in [0.4, 0.5) is 5.69 Å². The van der Waals surface area contributed by atoms with Gasteiger partial charge in [-0.2, -0.15) is 0 Å². The van der Waals surface area contributed by atoms with Gasteiger partial charge in [0, 0.05) is 13.1 Å². The fraction of sp³-hybridized carbons (Fsp3) is 0.462. The number of piperidine rings is 1. The Morgan fingerprint density at radius 3 is 2.50 bits per heavy atom. The Bertz CT molecular complexity index is 590. The molecule has 0 aromatic heterocycles. The molecule has 0 radical (unpaired) electrons. The Kier molecular flexibility index (Phi) is 4.55. The van der Waals surface area contributed by atoms with Gasteiger partial charge in [-0.1, -0.05) is 17.7 Å². The molecule has 1 heterocycles. The van der Waals surface area contributed by atoms with Crippen LogP contribution in [0.15, 0.2) is 23.1 Å². The number of nitrogen functional groups attached to an aromatic ring is 1. The molecule has 1 amide bonds. The van der Waals surface area contributed by atoms with Crippen molar-refractivity contribution in [3.05, 3.63) is 23.2 Å². The van der Waals surface area contributed by atoms with E-state index in [1.165, 1.54) is 12.1 Å². The van der Waals surface area contributed by atoms with Crippen LogP contribution in [0.2, 0.25) is 5.02 Å². The van der Waals surface area contributed by atoms with Crippen molar-refractivity contribution in [3.63, 3.8) is 0 Å². The summed E-state index contributed by atoms with van der Waals surface area (Å²) < 4.78 is 24.6. The highest BCUT2D eigenvalue weighted by molar-refractivity contribution is 7.92. The van der Waals surface area contributed by atoms with E-state index in [1.54, 1.807) is 11.0 Å². The molecular weight excluding hydrogens is 300 g/mol. The summed E-state index contributed by atoms with van der Waals surface area (Å²) in [7, 11) is -3.82. The quantitative estimate of drug-likeness (QED) is 0.861. The Hall–Kier alpha value is -1.27. The summed E-state index contributed by atoms with van der Waals surface area (Å²) in [6.45, 7) is 1.23. The van der Waals surface area contributed by atoms with Gasteiger partial charge in [-0.05, 0) is 31.4 Å². The van der Waals surface area contributed by atoms with Crippen molar-refractivity contribution < 1.29 is 13.2 Å². The summed E-state index contributed by atoms with van der Waals surface area (Å²) in [6, 6.07) is 4.49. The summed E-state index contributed by atoms with van der Waals surface area (Å²) in [5.41, 5.74) is 5.75. The largest absolute Gasteiger partial charge is 0.398 e. The van der Waals surface area contributed by atoms with Crippen LogP contribution in [0.3, 0.4) is 0 Å². The Labute approximate surface area is 123 Å². The number of rotatable bonds is 3. The molecule has 2 N–H and O–H groups in total. The van der Waals surface area contributed by atoms with Gasteiger partial charge in [0.25, 0.3) is 0 Å². The average molecular weight is 317 g/mol. The predicted molar refractivity (Wildman–Crippen MR) is 78.3 cm³/mol. The number of hydrogen-bond acceptors (Lipinski definition) is 4. The molecule has 1 fully saturated rings. The number of carbonyl (C=O) groups is 1. The van der Waals surface area contributed by atoms with Crippen molar-refractivity contribution in [1.82, 2.24) is 4.90 Å². The topological polar surface area (TPSA) is 80.5 Å². The van der Waals surface area contributed by atoms with Crippen LogP contribution in [0, 0.1) is 0 Å². The van der Waals surface area contributed by atoms with Crippen LogP contribution in [-0.4, -0.2) is 38.1 Å². The minimum atomic E-state index is -3.82. The molecule has 0 atom stereocenters. The smallest absolute Gasteiger partial charge is 0.238 e. The average Bonchev–Trinajstić information content (AvgIpc) is 2.38. The van der Waals surface area contributed by atoms with E-state index in [2.05, 4.69) is 0 Å². The molecule has 7 heteroatoms. The number of carbonyl (C=O) groups excluding carboxylic acids is 1. The Morgan fingerprint density at radius 2 is 1.90 bits per heavy atom. The number of benzene rings is 1. The Morgan fingerprint density at radius 1 is 1.25 bits per heavy atom. The molecule has 0 aliphatic carbocycles. The lowest BCUT2D eigenvalue weighted by Gasteiger charge is -2.26. The Balaban J connectivity index is 2.21. The van der Waals surface area contributed by atoms with Crippen molar-refractivity contribution in [2.24, 2.45) is 0 Å². The minimum absolute atomic E-state index is 0.0523. The number of amides is 1. The van der Waals surface area contributed by atoms with E-state index < -0.39 is 15.6 Å². The third-order valence-corrected chi connectivity index (χ3v) is 5.46. The maximum atomic E-state index is 12.3. The molecule has 5 nitrogen and oxygen atoms in total. The van der Waals surface area contributed by atoms with Crippen LogP contribution in [0.25, 0.3) is 0 Å². The summed E-state index contributed by atoms with van der Waals surface area (Å²) in [5.74, 6) is -0.968. The van der Waals surface area contributed by atoms with E-state index >= 15 is 0 Å². The second kappa shape index (κ2) is 6.01. The number of nitrogens with zero attached hydrogens (tertiary/aromatic N) is 1. The number of anilines is 1. The third-order valence-electron chi connectivity index (χ3n) is 3.33. The van der Waals surface area contributed by atoms with Crippen molar-refractivity contribution in [3.8, 4) is 0 Å². The van der Waals surface area contributed by atoms with E-state index in [0.717, 1.165) is 19.3 Å². The summed E-state index contributed by atoms with van der Waals surface area (Å²) >= 11 is 5.90. The van der Waals surface area contributed by atoms with E-state index in [-0.39, 0.29) is 21.5 Å². The molecule has 1 aromatic rings. The first-order chi connectivity index (χ1) is 9.42. The molecule has 1 aliphatic heterocycles.